The average Bonchev–Trinajstić information content (AvgIpc) is 2.28. The predicted octanol–water partition coefficient (Wildman–Crippen LogP) is 0.863. The van der Waals surface area contributed by atoms with Gasteiger partial charge in [0.15, 0.2) is 0 Å². The van der Waals surface area contributed by atoms with Crippen molar-refractivity contribution in [3.05, 3.63) is 35.9 Å². The molecule has 3 N–H and O–H groups in total. The van der Waals surface area contributed by atoms with Crippen LogP contribution in [-0.2, 0) is 4.79 Å². The number of carbonyl (C=O) groups is 1. The van der Waals surface area contributed by atoms with Crippen LogP contribution in [-0.4, -0.2) is 16.6 Å². The molecule has 0 bridgehead atoms. The molecule has 0 aliphatic heterocycles. The van der Waals surface area contributed by atoms with E-state index in [4.69, 9.17) is 11.0 Å². The molecule has 0 fully saturated rings. The first-order chi connectivity index (χ1) is 7.02. The lowest BCUT2D eigenvalue weighted by Crippen LogP contribution is -2.45. The normalized spacial score (nSPS) is 16.1. The topological polar surface area (TPSA) is 87.1 Å². The first-order valence-corrected chi connectivity index (χ1v) is 5.06. The maximum atomic E-state index is 11.0. The number of alkyl halides is 1. The molecule has 1 rings (SSSR count). The summed E-state index contributed by atoms with van der Waals surface area (Å²) in [5.74, 6) is -1.07. The van der Waals surface area contributed by atoms with E-state index < -0.39 is 16.3 Å². The second-order valence-corrected chi connectivity index (χ2v) is 3.93. The fourth-order valence-electron chi connectivity index (χ4n) is 1.10. The Hall–Kier alpha value is -1.38. The number of nitriles is 1. The van der Waals surface area contributed by atoms with Crippen LogP contribution >= 0.6 is 15.9 Å². The number of benzene rings is 1. The van der Waals surface area contributed by atoms with E-state index in [2.05, 4.69) is 15.9 Å². The molecule has 0 saturated carbocycles. The molecule has 0 aromatic heterocycles. The maximum absolute atomic E-state index is 11.0. The number of hydrogen-bond donors (Lipinski definition) is 2. The van der Waals surface area contributed by atoms with Gasteiger partial charge >= 0.3 is 0 Å². The lowest BCUT2D eigenvalue weighted by atomic mass is 9.95. The highest BCUT2D eigenvalue weighted by Crippen LogP contribution is 2.33. The Kier molecular flexibility index (Phi) is 3.45. The van der Waals surface area contributed by atoms with Gasteiger partial charge in [0.1, 0.15) is 6.07 Å². The van der Waals surface area contributed by atoms with Gasteiger partial charge in [-0.3, -0.25) is 4.79 Å². The van der Waals surface area contributed by atoms with Gasteiger partial charge in [-0.1, -0.05) is 46.3 Å². The fourth-order valence-corrected chi connectivity index (χ4v) is 1.73. The molecule has 0 heterocycles. The van der Waals surface area contributed by atoms with Crippen LogP contribution in [0.5, 0.6) is 0 Å². The van der Waals surface area contributed by atoms with Gasteiger partial charge < -0.3 is 10.8 Å². The summed E-state index contributed by atoms with van der Waals surface area (Å²) in [5.41, 5.74) is 3.35. The van der Waals surface area contributed by atoms with Crippen molar-refractivity contribution in [3.63, 3.8) is 0 Å². The highest BCUT2D eigenvalue weighted by molar-refractivity contribution is 9.09. The molecule has 0 radical (unpaired) electrons. The number of halogens is 1. The average molecular weight is 269 g/mol. The van der Waals surface area contributed by atoms with Gasteiger partial charge in [0.05, 0.1) is 4.83 Å². The molecule has 1 amide bonds. The zero-order valence-electron chi connectivity index (χ0n) is 7.72. The van der Waals surface area contributed by atoms with E-state index in [0.717, 1.165) is 0 Å². The van der Waals surface area contributed by atoms with Gasteiger partial charge in [0, 0.05) is 0 Å². The maximum Gasteiger partial charge on any atom is 0.265 e. The Morgan fingerprint density at radius 3 is 2.47 bits per heavy atom. The van der Waals surface area contributed by atoms with Crippen molar-refractivity contribution in [2.75, 3.05) is 0 Å². The number of carbonyl (C=O) groups excluding carboxylic acids is 1. The van der Waals surface area contributed by atoms with Crippen molar-refractivity contribution in [2.24, 2.45) is 5.73 Å². The smallest absolute Gasteiger partial charge is 0.265 e. The number of primary amides is 1. The van der Waals surface area contributed by atoms with Crippen LogP contribution in [0.25, 0.3) is 0 Å². The van der Waals surface area contributed by atoms with E-state index in [0.29, 0.717) is 5.56 Å². The van der Waals surface area contributed by atoms with Gasteiger partial charge in [-0.15, -0.1) is 0 Å². The van der Waals surface area contributed by atoms with E-state index >= 15 is 0 Å². The van der Waals surface area contributed by atoms with E-state index in [1.807, 2.05) is 0 Å². The predicted molar refractivity (Wildman–Crippen MR) is 57.9 cm³/mol. The molecule has 15 heavy (non-hydrogen) atoms. The summed E-state index contributed by atoms with van der Waals surface area (Å²) in [6, 6.07) is 10.1. The number of hydrogen-bond acceptors (Lipinski definition) is 3. The summed E-state index contributed by atoms with van der Waals surface area (Å²) < 4.78 is 0. The largest absolute Gasteiger partial charge is 0.367 e. The summed E-state index contributed by atoms with van der Waals surface area (Å²) in [6.45, 7) is 0. The quantitative estimate of drug-likeness (QED) is 0.630. The van der Waals surface area contributed by atoms with E-state index in [9.17, 15) is 9.90 Å². The van der Waals surface area contributed by atoms with Crippen molar-refractivity contribution in [2.45, 2.75) is 10.4 Å². The summed E-state index contributed by atoms with van der Waals surface area (Å²) in [4.78, 5) is 10.1. The van der Waals surface area contributed by atoms with Crippen molar-refractivity contribution in [1.29, 1.82) is 5.26 Å². The number of aliphatic hydroxyl groups is 1. The third-order valence-electron chi connectivity index (χ3n) is 2.01. The van der Waals surface area contributed by atoms with E-state index in [1.165, 1.54) is 6.07 Å². The minimum absolute atomic E-state index is 0.611. The van der Waals surface area contributed by atoms with Gasteiger partial charge in [0.25, 0.3) is 5.91 Å². The van der Waals surface area contributed by atoms with Gasteiger partial charge in [-0.2, -0.15) is 5.26 Å². The lowest BCUT2D eigenvalue weighted by molar-refractivity contribution is -0.131. The molecule has 1 aromatic carbocycles. The van der Waals surface area contributed by atoms with Gasteiger partial charge in [-0.25, -0.2) is 0 Å². The minimum atomic E-state index is -2.23. The number of amides is 1. The molecule has 0 saturated heterocycles. The molecular weight excluding hydrogens is 260 g/mol. The van der Waals surface area contributed by atoms with Crippen LogP contribution in [0.1, 0.15) is 10.4 Å². The highest BCUT2D eigenvalue weighted by atomic mass is 79.9. The Morgan fingerprint density at radius 1 is 1.53 bits per heavy atom. The zero-order valence-corrected chi connectivity index (χ0v) is 9.31. The number of nitrogens with two attached hydrogens (primary N) is 1. The van der Waals surface area contributed by atoms with Crippen molar-refractivity contribution < 1.29 is 9.90 Å². The molecule has 2 atom stereocenters. The molecule has 0 aliphatic rings. The van der Waals surface area contributed by atoms with E-state index in [-0.39, 0.29) is 0 Å². The summed E-state index contributed by atoms with van der Waals surface area (Å²) >= 11 is 3.10. The summed E-state index contributed by atoms with van der Waals surface area (Å²) in [6.07, 6.45) is 0. The van der Waals surface area contributed by atoms with Crippen LogP contribution < -0.4 is 5.73 Å². The monoisotopic (exact) mass is 268 g/mol. The third kappa shape index (κ3) is 2.17. The molecule has 0 unspecified atom stereocenters. The Morgan fingerprint density at radius 2 is 2.07 bits per heavy atom. The molecule has 1 aromatic rings. The number of nitrogens with zero attached hydrogens (tertiary/aromatic N) is 1. The molecule has 5 heteroatoms. The minimum Gasteiger partial charge on any atom is -0.367 e. The molecular formula is C10H9BrN2O2. The highest BCUT2D eigenvalue weighted by Gasteiger charge is 2.42. The van der Waals surface area contributed by atoms with Crippen LogP contribution in [0.3, 0.4) is 0 Å². The Balaban J connectivity index is 3.09. The molecule has 0 aliphatic carbocycles. The zero-order chi connectivity index (χ0) is 11.5. The molecule has 0 spiro atoms. The second kappa shape index (κ2) is 4.43. The first kappa shape index (κ1) is 11.7. The van der Waals surface area contributed by atoms with Crippen molar-refractivity contribution in [1.82, 2.24) is 0 Å². The van der Waals surface area contributed by atoms with Crippen molar-refractivity contribution >= 4 is 21.8 Å². The summed E-state index contributed by atoms with van der Waals surface area (Å²) in [7, 11) is 0. The van der Waals surface area contributed by atoms with Crippen LogP contribution in [0.4, 0.5) is 0 Å². The second-order valence-electron chi connectivity index (χ2n) is 3.02. The third-order valence-corrected chi connectivity index (χ3v) is 3.20. The summed E-state index contributed by atoms with van der Waals surface area (Å²) in [5, 5.41) is 18.5. The molecule has 4 nitrogen and oxygen atoms in total. The number of rotatable bonds is 3. The lowest BCUT2D eigenvalue weighted by Gasteiger charge is -2.22. The van der Waals surface area contributed by atoms with Crippen LogP contribution in [0.2, 0.25) is 0 Å². The Labute approximate surface area is 95.4 Å². The van der Waals surface area contributed by atoms with Crippen LogP contribution in [0, 0.1) is 11.3 Å². The standard InChI is InChI=1S/C10H9BrN2O2/c11-8(7-4-2-1-3-5-7)10(15,6-12)9(13)14/h1-5,8,15H,(H2,13,14)/t8-,10-/m1/s1. The Bertz CT molecular complexity index is 402. The van der Waals surface area contributed by atoms with E-state index in [1.54, 1.807) is 30.3 Å². The van der Waals surface area contributed by atoms with Crippen LogP contribution in [0.15, 0.2) is 30.3 Å². The molecule has 78 valence electrons. The van der Waals surface area contributed by atoms with Gasteiger partial charge in [-0.05, 0) is 5.56 Å². The SMILES string of the molecule is N#C[C@](O)(C(N)=O)[C@H](Br)c1ccccc1. The fraction of sp³-hybridized carbons (Fsp3) is 0.200. The van der Waals surface area contributed by atoms with Crippen molar-refractivity contribution in [3.8, 4) is 6.07 Å². The van der Waals surface area contributed by atoms with Gasteiger partial charge in [0.2, 0.25) is 5.60 Å². The first-order valence-electron chi connectivity index (χ1n) is 4.15.